The summed E-state index contributed by atoms with van der Waals surface area (Å²) in [5.74, 6) is 0.520. The lowest BCUT2D eigenvalue weighted by Crippen LogP contribution is -2.28. The molecule has 1 aromatic rings. The van der Waals surface area contributed by atoms with Crippen molar-refractivity contribution in [2.75, 3.05) is 6.54 Å². The fraction of sp³-hybridized carbons (Fsp3) is 0.500. The molecule has 18 heavy (non-hydrogen) atoms. The van der Waals surface area contributed by atoms with Crippen molar-refractivity contribution in [3.63, 3.8) is 0 Å². The van der Waals surface area contributed by atoms with Crippen LogP contribution in [0.5, 0.6) is 5.75 Å². The lowest BCUT2D eigenvalue weighted by atomic mass is 10.1. The predicted molar refractivity (Wildman–Crippen MR) is 70.5 cm³/mol. The largest absolute Gasteiger partial charge is 0.489 e. The zero-order valence-corrected chi connectivity index (χ0v) is 10.7. The Hall–Kier alpha value is -1.55. The van der Waals surface area contributed by atoms with Crippen LogP contribution in [0.25, 0.3) is 0 Å². The molecule has 0 spiro atoms. The van der Waals surface area contributed by atoms with E-state index >= 15 is 0 Å². The third-order valence-electron chi connectivity index (χ3n) is 3.57. The van der Waals surface area contributed by atoms with Gasteiger partial charge >= 0.3 is 0 Å². The molecule has 2 rings (SSSR count). The maximum Gasteiger partial charge on any atom is 0.252 e. The Balaban J connectivity index is 2.22. The van der Waals surface area contributed by atoms with Gasteiger partial charge in [0.25, 0.3) is 5.91 Å². The summed E-state index contributed by atoms with van der Waals surface area (Å²) in [6, 6.07) is 5.45. The Kier molecular flexibility index (Phi) is 3.87. The maximum absolute atomic E-state index is 11.4. The van der Waals surface area contributed by atoms with Crippen molar-refractivity contribution in [1.29, 1.82) is 0 Å². The van der Waals surface area contributed by atoms with E-state index in [0.717, 1.165) is 24.8 Å². The number of carbonyl (C=O) groups is 1. The van der Waals surface area contributed by atoms with Crippen LogP contribution in [0.3, 0.4) is 0 Å². The number of carbonyl (C=O) groups excluding carboxylic acids is 1. The van der Waals surface area contributed by atoms with Crippen molar-refractivity contribution >= 4 is 5.91 Å². The van der Waals surface area contributed by atoms with E-state index in [9.17, 15) is 4.79 Å². The lowest BCUT2D eigenvalue weighted by Gasteiger charge is -2.21. The normalized spacial score (nSPS) is 23.0. The minimum atomic E-state index is -0.452. The van der Waals surface area contributed by atoms with Crippen LogP contribution < -0.4 is 16.2 Å². The van der Waals surface area contributed by atoms with Crippen molar-refractivity contribution in [3.05, 3.63) is 29.3 Å². The van der Waals surface area contributed by atoms with Crippen molar-refractivity contribution in [2.24, 2.45) is 17.4 Å². The van der Waals surface area contributed by atoms with Gasteiger partial charge in [-0.1, -0.05) is 6.07 Å². The van der Waals surface area contributed by atoms with Gasteiger partial charge in [-0.25, -0.2) is 0 Å². The Morgan fingerprint density at radius 3 is 2.89 bits per heavy atom. The number of nitrogens with two attached hydrogens (primary N) is 2. The van der Waals surface area contributed by atoms with E-state index in [4.69, 9.17) is 16.2 Å². The van der Waals surface area contributed by atoms with Gasteiger partial charge in [0, 0.05) is 5.92 Å². The predicted octanol–water partition coefficient (Wildman–Crippen LogP) is 1.60. The molecule has 0 bridgehead atoms. The van der Waals surface area contributed by atoms with Crippen LogP contribution in [0, 0.1) is 12.8 Å². The summed E-state index contributed by atoms with van der Waals surface area (Å²) in [4.78, 5) is 11.4. The highest BCUT2D eigenvalue weighted by Gasteiger charge is 2.28. The SMILES string of the molecule is Cc1ccc(C(N)=O)c(OC2CCCC2CN)c1. The van der Waals surface area contributed by atoms with E-state index in [1.54, 1.807) is 6.07 Å². The molecule has 1 aliphatic carbocycles. The van der Waals surface area contributed by atoms with Crippen LogP contribution in [0.2, 0.25) is 0 Å². The third-order valence-corrected chi connectivity index (χ3v) is 3.57. The van der Waals surface area contributed by atoms with Gasteiger partial charge in [0.1, 0.15) is 11.9 Å². The van der Waals surface area contributed by atoms with Gasteiger partial charge in [-0.3, -0.25) is 4.79 Å². The van der Waals surface area contributed by atoms with Gasteiger partial charge in [-0.15, -0.1) is 0 Å². The van der Waals surface area contributed by atoms with E-state index in [-0.39, 0.29) is 6.10 Å². The molecule has 98 valence electrons. The highest BCUT2D eigenvalue weighted by Crippen LogP contribution is 2.31. The monoisotopic (exact) mass is 248 g/mol. The number of benzene rings is 1. The lowest BCUT2D eigenvalue weighted by molar-refractivity contribution is 0.0989. The smallest absolute Gasteiger partial charge is 0.252 e. The molecule has 4 nitrogen and oxygen atoms in total. The Morgan fingerprint density at radius 1 is 1.44 bits per heavy atom. The fourth-order valence-corrected chi connectivity index (χ4v) is 2.52. The van der Waals surface area contributed by atoms with E-state index < -0.39 is 5.91 Å². The van der Waals surface area contributed by atoms with Gasteiger partial charge in [-0.2, -0.15) is 0 Å². The maximum atomic E-state index is 11.4. The number of hydrogen-bond donors (Lipinski definition) is 2. The molecule has 0 aliphatic heterocycles. The molecular formula is C14H20N2O2. The average molecular weight is 248 g/mol. The van der Waals surface area contributed by atoms with Crippen LogP contribution in [-0.4, -0.2) is 18.6 Å². The molecule has 2 unspecified atom stereocenters. The number of ether oxygens (including phenoxy) is 1. The van der Waals surface area contributed by atoms with Crippen molar-refractivity contribution < 1.29 is 9.53 Å². The summed E-state index contributed by atoms with van der Waals surface area (Å²) in [6.07, 6.45) is 3.33. The first-order chi connectivity index (χ1) is 8.61. The van der Waals surface area contributed by atoms with Crippen molar-refractivity contribution in [1.82, 2.24) is 0 Å². The molecule has 4 heteroatoms. The fourth-order valence-electron chi connectivity index (χ4n) is 2.52. The quantitative estimate of drug-likeness (QED) is 0.849. The second kappa shape index (κ2) is 5.40. The van der Waals surface area contributed by atoms with Crippen LogP contribution >= 0.6 is 0 Å². The van der Waals surface area contributed by atoms with E-state index in [1.165, 1.54) is 0 Å². The Labute approximate surface area is 107 Å². The standard InChI is InChI=1S/C14H20N2O2/c1-9-5-6-11(14(16)17)13(7-9)18-12-4-2-3-10(12)8-15/h5-7,10,12H,2-4,8,15H2,1H3,(H2,16,17). The highest BCUT2D eigenvalue weighted by atomic mass is 16.5. The van der Waals surface area contributed by atoms with E-state index in [1.807, 2.05) is 19.1 Å². The van der Waals surface area contributed by atoms with Crippen molar-refractivity contribution in [3.8, 4) is 5.75 Å². The number of amides is 1. The number of hydrogen-bond acceptors (Lipinski definition) is 3. The molecule has 0 heterocycles. The zero-order chi connectivity index (χ0) is 13.1. The van der Waals surface area contributed by atoms with Gasteiger partial charge in [0.2, 0.25) is 0 Å². The van der Waals surface area contributed by atoms with E-state index in [2.05, 4.69) is 0 Å². The molecule has 4 N–H and O–H groups in total. The molecule has 1 amide bonds. The molecule has 1 aromatic carbocycles. The summed E-state index contributed by atoms with van der Waals surface area (Å²) in [6.45, 7) is 2.59. The van der Waals surface area contributed by atoms with Crippen LogP contribution in [0.15, 0.2) is 18.2 Å². The molecule has 0 aromatic heterocycles. The average Bonchev–Trinajstić information content (AvgIpc) is 2.76. The first-order valence-electron chi connectivity index (χ1n) is 6.39. The second-order valence-corrected chi connectivity index (χ2v) is 4.95. The van der Waals surface area contributed by atoms with Crippen LogP contribution in [0.1, 0.15) is 35.2 Å². The summed E-state index contributed by atoms with van der Waals surface area (Å²) >= 11 is 0. The zero-order valence-electron chi connectivity index (χ0n) is 10.7. The van der Waals surface area contributed by atoms with Crippen LogP contribution in [-0.2, 0) is 0 Å². The molecule has 2 atom stereocenters. The summed E-state index contributed by atoms with van der Waals surface area (Å²) < 4.78 is 5.97. The molecule has 0 saturated heterocycles. The number of primary amides is 1. The van der Waals surface area contributed by atoms with Gasteiger partial charge in [0.05, 0.1) is 5.56 Å². The van der Waals surface area contributed by atoms with E-state index in [0.29, 0.717) is 23.8 Å². The molecule has 1 aliphatic rings. The third kappa shape index (κ3) is 2.64. The molecular weight excluding hydrogens is 228 g/mol. The van der Waals surface area contributed by atoms with Crippen molar-refractivity contribution in [2.45, 2.75) is 32.3 Å². The van der Waals surface area contributed by atoms with Gasteiger partial charge in [0.15, 0.2) is 0 Å². The Bertz CT molecular complexity index is 445. The minimum Gasteiger partial charge on any atom is -0.489 e. The topological polar surface area (TPSA) is 78.3 Å². The molecule has 1 saturated carbocycles. The first-order valence-corrected chi connectivity index (χ1v) is 6.39. The summed E-state index contributed by atoms with van der Waals surface area (Å²) in [5.41, 5.74) is 12.6. The van der Waals surface area contributed by atoms with Gasteiger partial charge < -0.3 is 16.2 Å². The van der Waals surface area contributed by atoms with Gasteiger partial charge in [-0.05, 0) is 50.4 Å². The summed E-state index contributed by atoms with van der Waals surface area (Å²) in [5, 5.41) is 0. The number of aryl methyl sites for hydroxylation is 1. The first kappa shape index (κ1) is 12.9. The molecule has 0 radical (unpaired) electrons. The van der Waals surface area contributed by atoms with Crippen LogP contribution in [0.4, 0.5) is 0 Å². The number of rotatable bonds is 4. The highest BCUT2D eigenvalue weighted by molar-refractivity contribution is 5.95. The summed E-state index contributed by atoms with van der Waals surface area (Å²) in [7, 11) is 0. The second-order valence-electron chi connectivity index (χ2n) is 4.95. The molecule has 1 fully saturated rings. The Morgan fingerprint density at radius 2 is 2.22 bits per heavy atom. The minimum absolute atomic E-state index is 0.106.